The van der Waals surface area contributed by atoms with Gasteiger partial charge in [0.25, 0.3) is 0 Å². The minimum Gasteiger partial charge on any atom is -0.482 e. The Bertz CT molecular complexity index is 736. The van der Waals surface area contributed by atoms with Gasteiger partial charge in [-0.1, -0.05) is 18.2 Å². The fourth-order valence-electron chi connectivity index (χ4n) is 3.19. The molecule has 0 aromatic heterocycles. The van der Waals surface area contributed by atoms with Crippen LogP contribution in [0.5, 0.6) is 5.75 Å². The molecule has 0 atom stereocenters. The van der Waals surface area contributed by atoms with E-state index in [2.05, 4.69) is 9.80 Å². The van der Waals surface area contributed by atoms with Crippen LogP contribution in [-0.2, 0) is 11.3 Å². The van der Waals surface area contributed by atoms with E-state index in [1.165, 1.54) is 12.1 Å². The van der Waals surface area contributed by atoms with E-state index in [0.717, 1.165) is 43.9 Å². The summed E-state index contributed by atoms with van der Waals surface area (Å²) in [5, 5.41) is 8.81. The van der Waals surface area contributed by atoms with Gasteiger partial charge in [-0.2, -0.15) is 0 Å². The second-order valence-electron chi connectivity index (χ2n) is 6.38. The Labute approximate surface area is 152 Å². The molecule has 0 spiro atoms. The summed E-state index contributed by atoms with van der Waals surface area (Å²) in [6, 6.07) is 14.2. The third-order valence-corrected chi connectivity index (χ3v) is 4.50. The molecule has 0 amide bonds. The van der Waals surface area contributed by atoms with Gasteiger partial charge in [-0.05, 0) is 36.8 Å². The highest BCUT2D eigenvalue weighted by Gasteiger charge is 2.17. The van der Waals surface area contributed by atoms with Crippen molar-refractivity contribution in [2.75, 3.05) is 37.7 Å². The molecular formula is C20H23FN2O3. The molecule has 5 nitrogen and oxygen atoms in total. The molecule has 3 rings (SSSR count). The Hall–Kier alpha value is -2.60. The smallest absolute Gasteiger partial charge is 0.341 e. The summed E-state index contributed by atoms with van der Waals surface area (Å²) in [6.07, 6.45) is 1.01. The van der Waals surface area contributed by atoms with Crippen LogP contribution in [0, 0.1) is 5.82 Å². The van der Waals surface area contributed by atoms with Gasteiger partial charge in [-0.15, -0.1) is 0 Å². The molecule has 2 aromatic carbocycles. The molecule has 0 aliphatic carbocycles. The number of carboxylic acids is 1. The number of carbonyl (C=O) groups is 1. The third-order valence-electron chi connectivity index (χ3n) is 4.50. The Kier molecular flexibility index (Phi) is 6.07. The van der Waals surface area contributed by atoms with E-state index in [0.29, 0.717) is 12.3 Å². The van der Waals surface area contributed by atoms with Gasteiger partial charge in [0.05, 0.1) is 0 Å². The number of nitrogens with zero attached hydrogens (tertiary/aromatic N) is 2. The highest BCUT2D eigenvalue weighted by molar-refractivity contribution is 5.68. The van der Waals surface area contributed by atoms with Crippen LogP contribution >= 0.6 is 0 Å². The largest absolute Gasteiger partial charge is 0.482 e. The molecule has 0 bridgehead atoms. The topological polar surface area (TPSA) is 53.0 Å². The second-order valence-corrected chi connectivity index (χ2v) is 6.38. The summed E-state index contributed by atoms with van der Waals surface area (Å²) in [5.41, 5.74) is 2.03. The van der Waals surface area contributed by atoms with Crippen LogP contribution in [0.3, 0.4) is 0 Å². The second kappa shape index (κ2) is 8.67. The maximum Gasteiger partial charge on any atom is 0.341 e. The molecule has 2 aromatic rings. The number of carboxylic acid groups (broad SMARTS) is 1. The number of anilines is 1. The number of halogens is 1. The number of rotatable bonds is 6. The minimum absolute atomic E-state index is 0.219. The van der Waals surface area contributed by atoms with Crippen molar-refractivity contribution in [3.63, 3.8) is 0 Å². The zero-order chi connectivity index (χ0) is 18.4. The SMILES string of the molecule is O=C(O)COc1ccccc1CN1CCCN(c2ccc(F)cc2)CC1. The zero-order valence-corrected chi connectivity index (χ0v) is 14.6. The molecule has 0 saturated carbocycles. The third kappa shape index (κ3) is 4.95. The minimum atomic E-state index is -0.982. The van der Waals surface area contributed by atoms with Crippen LogP contribution in [0.2, 0.25) is 0 Å². The van der Waals surface area contributed by atoms with Crippen LogP contribution in [-0.4, -0.2) is 48.8 Å². The average Bonchev–Trinajstić information content (AvgIpc) is 2.87. The number of benzene rings is 2. The van der Waals surface area contributed by atoms with Crippen molar-refractivity contribution in [3.05, 3.63) is 59.9 Å². The van der Waals surface area contributed by atoms with E-state index in [9.17, 15) is 9.18 Å². The maximum absolute atomic E-state index is 13.1. The number of hydrogen-bond acceptors (Lipinski definition) is 4. The van der Waals surface area contributed by atoms with Crippen molar-refractivity contribution in [2.45, 2.75) is 13.0 Å². The highest BCUT2D eigenvalue weighted by Crippen LogP contribution is 2.22. The number of para-hydroxylation sites is 1. The predicted octanol–water partition coefficient (Wildman–Crippen LogP) is 3.00. The summed E-state index contributed by atoms with van der Waals surface area (Å²) in [5.74, 6) is -0.581. The molecule has 0 unspecified atom stereocenters. The molecule has 0 radical (unpaired) electrons. The maximum atomic E-state index is 13.1. The van der Waals surface area contributed by atoms with E-state index in [1.54, 1.807) is 6.07 Å². The predicted molar refractivity (Wildman–Crippen MR) is 98.1 cm³/mol. The van der Waals surface area contributed by atoms with Crippen LogP contribution in [0.25, 0.3) is 0 Å². The molecule has 26 heavy (non-hydrogen) atoms. The first-order chi connectivity index (χ1) is 12.6. The standard InChI is InChI=1S/C20H23FN2O3/c21-17-6-8-18(9-7-17)23-11-3-10-22(12-13-23)14-16-4-1-2-5-19(16)26-15-20(24)25/h1-2,4-9H,3,10-15H2,(H,24,25). The van der Waals surface area contributed by atoms with Crippen molar-refractivity contribution in [3.8, 4) is 5.75 Å². The van der Waals surface area contributed by atoms with Crippen molar-refractivity contribution >= 4 is 11.7 Å². The van der Waals surface area contributed by atoms with E-state index < -0.39 is 5.97 Å². The van der Waals surface area contributed by atoms with Gasteiger partial charge in [0, 0.05) is 44.0 Å². The lowest BCUT2D eigenvalue weighted by Crippen LogP contribution is -2.30. The summed E-state index contributed by atoms with van der Waals surface area (Å²) in [7, 11) is 0. The quantitative estimate of drug-likeness (QED) is 0.860. The summed E-state index contributed by atoms with van der Waals surface area (Å²) in [6.45, 7) is 4.00. The molecule has 138 valence electrons. The van der Waals surface area contributed by atoms with E-state index in [4.69, 9.17) is 9.84 Å². The monoisotopic (exact) mass is 358 g/mol. The average molecular weight is 358 g/mol. The van der Waals surface area contributed by atoms with E-state index >= 15 is 0 Å². The molecule has 1 heterocycles. The first kappa shape index (κ1) is 18.2. The number of hydrogen-bond donors (Lipinski definition) is 1. The summed E-state index contributed by atoms with van der Waals surface area (Å²) in [4.78, 5) is 15.4. The molecule has 1 aliphatic heterocycles. The molecule has 1 aliphatic rings. The van der Waals surface area contributed by atoms with Gasteiger partial charge < -0.3 is 14.7 Å². The van der Waals surface area contributed by atoms with Gasteiger partial charge in [-0.3, -0.25) is 4.90 Å². The molecule has 1 fully saturated rings. The molecule has 1 saturated heterocycles. The van der Waals surface area contributed by atoms with Crippen LogP contribution in [0.4, 0.5) is 10.1 Å². The number of ether oxygens (including phenoxy) is 1. The van der Waals surface area contributed by atoms with Gasteiger partial charge >= 0.3 is 5.97 Å². The van der Waals surface area contributed by atoms with Gasteiger partial charge in [0.15, 0.2) is 6.61 Å². The Morgan fingerprint density at radius 1 is 1.04 bits per heavy atom. The lowest BCUT2D eigenvalue weighted by atomic mass is 10.2. The van der Waals surface area contributed by atoms with Gasteiger partial charge in [0.2, 0.25) is 0 Å². The van der Waals surface area contributed by atoms with Gasteiger partial charge in [-0.25, -0.2) is 9.18 Å². The fourth-order valence-corrected chi connectivity index (χ4v) is 3.19. The first-order valence-electron chi connectivity index (χ1n) is 8.77. The number of aliphatic carboxylic acids is 1. The Balaban J connectivity index is 1.61. The molecule has 6 heteroatoms. The van der Waals surface area contributed by atoms with E-state index in [1.807, 2.05) is 30.3 Å². The summed E-state index contributed by atoms with van der Waals surface area (Å²) >= 11 is 0. The lowest BCUT2D eigenvalue weighted by Gasteiger charge is -2.24. The van der Waals surface area contributed by atoms with Crippen molar-refractivity contribution in [1.29, 1.82) is 0 Å². The van der Waals surface area contributed by atoms with Crippen LogP contribution < -0.4 is 9.64 Å². The van der Waals surface area contributed by atoms with Gasteiger partial charge in [0.1, 0.15) is 11.6 Å². The Morgan fingerprint density at radius 2 is 1.81 bits per heavy atom. The van der Waals surface area contributed by atoms with Crippen LogP contribution in [0.1, 0.15) is 12.0 Å². The summed E-state index contributed by atoms with van der Waals surface area (Å²) < 4.78 is 18.5. The lowest BCUT2D eigenvalue weighted by molar-refractivity contribution is -0.139. The molecule has 1 N–H and O–H groups in total. The first-order valence-corrected chi connectivity index (χ1v) is 8.77. The van der Waals surface area contributed by atoms with Crippen molar-refractivity contribution in [1.82, 2.24) is 4.90 Å². The fraction of sp³-hybridized carbons (Fsp3) is 0.350. The van der Waals surface area contributed by atoms with Crippen LogP contribution in [0.15, 0.2) is 48.5 Å². The normalized spacial score (nSPS) is 15.5. The highest BCUT2D eigenvalue weighted by atomic mass is 19.1. The van der Waals surface area contributed by atoms with Crippen molar-refractivity contribution < 1.29 is 19.0 Å². The van der Waals surface area contributed by atoms with E-state index in [-0.39, 0.29) is 12.4 Å². The van der Waals surface area contributed by atoms with Crippen molar-refractivity contribution in [2.24, 2.45) is 0 Å². The Morgan fingerprint density at radius 3 is 2.58 bits per heavy atom. The molecular weight excluding hydrogens is 335 g/mol. The zero-order valence-electron chi connectivity index (χ0n) is 14.6.